The summed E-state index contributed by atoms with van der Waals surface area (Å²) in [5.41, 5.74) is 2.88. The summed E-state index contributed by atoms with van der Waals surface area (Å²) in [4.78, 5) is 1.43. The largest absolute Gasteiger partial charge is 0.306 e. The molecule has 1 aromatic carbocycles. The fourth-order valence-electron chi connectivity index (χ4n) is 2.58. The fourth-order valence-corrected chi connectivity index (χ4v) is 3.88. The average Bonchev–Trinajstić information content (AvgIpc) is 3.01. The quantitative estimate of drug-likeness (QED) is 0.937. The van der Waals surface area contributed by atoms with Gasteiger partial charge < -0.3 is 5.32 Å². The van der Waals surface area contributed by atoms with Crippen LogP contribution in [0.4, 0.5) is 0 Å². The molecule has 0 bridgehead atoms. The second kappa shape index (κ2) is 5.85. The molecule has 112 valence electrons. The van der Waals surface area contributed by atoms with Crippen molar-refractivity contribution in [3.8, 4) is 0 Å². The Labute approximate surface area is 131 Å². The van der Waals surface area contributed by atoms with Crippen LogP contribution >= 0.6 is 11.8 Å². The van der Waals surface area contributed by atoms with Crippen molar-refractivity contribution in [2.75, 3.05) is 0 Å². The van der Waals surface area contributed by atoms with E-state index in [-0.39, 0.29) is 5.54 Å². The zero-order chi connectivity index (χ0) is 14.9. The molecule has 0 radical (unpaired) electrons. The van der Waals surface area contributed by atoms with Crippen LogP contribution in [0.5, 0.6) is 0 Å². The maximum Gasteiger partial charge on any atom is 0.0538 e. The van der Waals surface area contributed by atoms with Gasteiger partial charge in [0.05, 0.1) is 12.2 Å². The molecular weight excluding hydrogens is 278 g/mol. The van der Waals surface area contributed by atoms with Crippen LogP contribution in [0, 0.1) is 0 Å². The van der Waals surface area contributed by atoms with Crippen LogP contribution in [0.3, 0.4) is 0 Å². The summed E-state index contributed by atoms with van der Waals surface area (Å²) in [6.45, 7) is 8.42. The number of nitrogens with one attached hydrogen (secondary N) is 1. The van der Waals surface area contributed by atoms with Gasteiger partial charge in [-0.25, -0.2) is 0 Å². The number of benzene rings is 1. The normalized spacial score (nSPS) is 18.0. The molecule has 0 saturated heterocycles. The molecule has 1 atom stereocenters. The highest BCUT2D eigenvalue weighted by Crippen LogP contribution is 2.37. The van der Waals surface area contributed by atoms with Crippen LogP contribution in [0.1, 0.15) is 32.0 Å². The maximum absolute atomic E-state index is 4.51. The van der Waals surface area contributed by atoms with E-state index in [0.29, 0.717) is 5.25 Å². The van der Waals surface area contributed by atoms with Crippen LogP contribution in [0.2, 0.25) is 0 Å². The molecule has 3 nitrogen and oxygen atoms in total. The minimum absolute atomic E-state index is 0.132. The lowest BCUT2D eigenvalue weighted by Gasteiger charge is -2.21. The fraction of sp³-hybridized carbons (Fsp3) is 0.471. The molecule has 0 aliphatic carbocycles. The standard InChI is InChI=1S/C17H23N3S/c1-17(2,3)18-11-14-8-9-19-20(14)12-15-10-13-6-4-5-7-16(13)21-15/h4-9,15,18H,10-12H2,1-3H3. The molecule has 1 aliphatic heterocycles. The van der Waals surface area contributed by atoms with Gasteiger partial charge in [0.1, 0.15) is 0 Å². The van der Waals surface area contributed by atoms with Crippen LogP contribution < -0.4 is 5.32 Å². The third kappa shape index (κ3) is 3.69. The van der Waals surface area contributed by atoms with Gasteiger partial charge in [0.15, 0.2) is 0 Å². The van der Waals surface area contributed by atoms with Gasteiger partial charge in [0.2, 0.25) is 0 Å². The Balaban J connectivity index is 1.63. The van der Waals surface area contributed by atoms with Gasteiger partial charge in [0.25, 0.3) is 0 Å². The number of thioether (sulfide) groups is 1. The molecule has 2 aromatic rings. The Morgan fingerprint density at radius 1 is 1.29 bits per heavy atom. The van der Waals surface area contributed by atoms with Crippen LogP contribution in [-0.2, 0) is 19.5 Å². The number of nitrogens with zero attached hydrogens (tertiary/aromatic N) is 2. The van der Waals surface area contributed by atoms with Gasteiger partial charge in [-0.3, -0.25) is 4.68 Å². The molecule has 1 aliphatic rings. The summed E-state index contributed by atoms with van der Waals surface area (Å²) in [6, 6.07) is 10.8. The minimum atomic E-state index is 0.132. The Hall–Kier alpha value is -1.26. The van der Waals surface area contributed by atoms with Crippen molar-refractivity contribution in [2.24, 2.45) is 0 Å². The third-order valence-electron chi connectivity index (χ3n) is 3.69. The molecule has 1 N–H and O–H groups in total. The Kier molecular flexibility index (Phi) is 4.09. The minimum Gasteiger partial charge on any atom is -0.306 e. The van der Waals surface area contributed by atoms with Gasteiger partial charge in [-0.1, -0.05) is 18.2 Å². The summed E-state index contributed by atoms with van der Waals surface area (Å²) in [5.74, 6) is 0. The molecule has 1 unspecified atom stereocenters. The molecule has 0 spiro atoms. The molecule has 21 heavy (non-hydrogen) atoms. The summed E-state index contributed by atoms with van der Waals surface area (Å²) in [6.07, 6.45) is 3.05. The summed E-state index contributed by atoms with van der Waals surface area (Å²) in [7, 11) is 0. The van der Waals surface area contributed by atoms with Crippen LogP contribution in [0.15, 0.2) is 41.4 Å². The first-order valence-corrected chi connectivity index (χ1v) is 8.39. The molecule has 0 amide bonds. The van der Waals surface area contributed by atoms with E-state index >= 15 is 0 Å². The van der Waals surface area contributed by atoms with E-state index in [9.17, 15) is 0 Å². The number of fused-ring (bicyclic) bond motifs is 1. The predicted octanol–water partition coefficient (Wildman–Crippen LogP) is 3.49. The zero-order valence-corrected chi connectivity index (χ0v) is 13.8. The Morgan fingerprint density at radius 3 is 2.86 bits per heavy atom. The van der Waals surface area contributed by atoms with E-state index in [1.54, 1.807) is 0 Å². The molecular formula is C17H23N3S. The van der Waals surface area contributed by atoms with E-state index in [4.69, 9.17) is 0 Å². The highest BCUT2D eigenvalue weighted by molar-refractivity contribution is 8.00. The van der Waals surface area contributed by atoms with E-state index in [2.05, 4.69) is 66.2 Å². The lowest BCUT2D eigenvalue weighted by Crippen LogP contribution is -2.36. The van der Waals surface area contributed by atoms with Crippen molar-refractivity contribution in [3.05, 3.63) is 47.8 Å². The van der Waals surface area contributed by atoms with E-state index in [1.807, 2.05) is 18.0 Å². The highest BCUT2D eigenvalue weighted by atomic mass is 32.2. The van der Waals surface area contributed by atoms with Gasteiger partial charge >= 0.3 is 0 Å². The van der Waals surface area contributed by atoms with Crippen molar-refractivity contribution in [2.45, 2.75) is 56.0 Å². The van der Waals surface area contributed by atoms with Gasteiger partial charge in [0, 0.05) is 28.4 Å². The number of hydrogen-bond acceptors (Lipinski definition) is 3. The molecule has 4 heteroatoms. The first-order valence-electron chi connectivity index (χ1n) is 7.51. The third-order valence-corrected chi connectivity index (χ3v) is 5.00. The number of rotatable bonds is 4. The molecule has 2 heterocycles. The van der Waals surface area contributed by atoms with Crippen molar-refractivity contribution >= 4 is 11.8 Å². The molecule has 3 rings (SSSR count). The highest BCUT2D eigenvalue weighted by Gasteiger charge is 2.23. The van der Waals surface area contributed by atoms with Crippen molar-refractivity contribution in [3.63, 3.8) is 0 Å². The molecule has 0 saturated carbocycles. The Bertz CT molecular complexity index is 587. The predicted molar refractivity (Wildman–Crippen MR) is 88.6 cm³/mol. The lowest BCUT2D eigenvalue weighted by atomic mass is 10.1. The Morgan fingerprint density at radius 2 is 2.10 bits per heavy atom. The van der Waals surface area contributed by atoms with E-state index in [1.165, 1.54) is 16.2 Å². The summed E-state index contributed by atoms with van der Waals surface area (Å²) in [5, 5.41) is 8.64. The van der Waals surface area contributed by atoms with Gasteiger partial charge in [-0.05, 0) is 44.9 Å². The molecule has 1 aromatic heterocycles. The summed E-state index contributed by atoms with van der Waals surface area (Å²) < 4.78 is 2.16. The lowest BCUT2D eigenvalue weighted by molar-refractivity contribution is 0.411. The maximum atomic E-state index is 4.51. The second-order valence-electron chi connectivity index (χ2n) is 6.66. The number of hydrogen-bond donors (Lipinski definition) is 1. The monoisotopic (exact) mass is 301 g/mol. The van der Waals surface area contributed by atoms with Crippen molar-refractivity contribution in [1.29, 1.82) is 0 Å². The second-order valence-corrected chi connectivity index (χ2v) is 8.00. The smallest absolute Gasteiger partial charge is 0.0538 e. The van der Waals surface area contributed by atoms with Gasteiger partial charge in [-0.2, -0.15) is 5.10 Å². The SMILES string of the molecule is CC(C)(C)NCc1ccnn1CC1Cc2ccccc2S1. The van der Waals surface area contributed by atoms with Gasteiger partial charge in [-0.15, -0.1) is 11.8 Å². The first-order chi connectivity index (χ1) is 10.0. The average molecular weight is 301 g/mol. The number of aromatic nitrogens is 2. The first kappa shape index (κ1) is 14.7. The van der Waals surface area contributed by atoms with Crippen molar-refractivity contribution in [1.82, 2.24) is 15.1 Å². The van der Waals surface area contributed by atoms with Crippen LogP contribution in [-0.4, -0.2) is 20.6 Å². The summed E-state index contributed by atoms with van der Waals surface area (Å²) >= 11 is 1.99. The van der Waals surface area contributed by atoms with E-state index in [0.717, 1.165) is 19.5 Å². The van der Waals surface area contributed by atoms with E-state index < -0.39 is 0 Å². The topological polar surface area (TPSA) is 29.9 Å². The van der Waals surface area contributed by atoms with Crippen molar-refractivity contribution < 1.29 is 0 Å². The zero-order valence-electron chi connectivity index (χ0n) is 13.0. The molecule has 0 fully saturated rings. The van der Waals surface area contributed by atoms with Crippen LogP contribution in [0.25, 0.3) is 0 Å².